The average Bonchev–Trinajstić information content (AvgIpc) is 3.20. The molecule has 1 aromatic rings. The molecule has 0 heterocycles. The number of ether oxygens (including phenoxy) is 1. The maximum atomic E-state index is 5.97. The molecule has 1 fully saturated rings. The fourth-order valence-electron chi connectivity index (χ4n) is 2.32. The highest BCUT2D eigenvalue weighted by Gasteiger charge is 2.19. The van der Waals surface area contributed by atoms with Crippen LogP contribution < -0.4 is 10.1 Å². The average molecular weight is 261 g/mol. The minimum Gasteiger partial charge on any atom is -0.493 e. The van der Waals surface area contributed by atoms with Crippen molar-refractivity contribution in [3.63, 3.8) is 0 Å². The molecule has 1 aliphatic carbocycles. The van der Waals surface area contributed by atoms with Gasteiger partial charge in [-0.25, -0.2) is 0 Å². The van der Waals surface area contributed by atoms with Gasteiger partial charge >= 0.3 is 0 Å². The fourth-order valence-corrected chi connectivity index (χ4v) is 2.32. The Bertz CT molecular complexity index is 410. The first-order chi connectivity index (χ1) is 9.18. The maximum Gasteiger partial charge on any atom is 0.125 e. The van der Waals surface area contributed by atoms with Crippen LogP contribution in [0.25, 0.3) is 0 Å². The molecule has 106 valence electrons. The van der Waals surface area contributed by atoms with Crippen LogP contribution in [0.3, 0.4) is 0 Å². The molecule has 1 saturated carbocycles. The Labute approximate surface area is 117 Å². The highest BCUT2D eigenvalue weighted by molar-refractivity contribution is 5.44. The molecule has 0 aliphatic heterocycles. The summed E-state index contributed by atoms with van der Waals surface area (Å²) in [6.45, 7) is 8.44. The molecule has 19 heavy (non-hydrogen) atoms. The largest absolute Gasteiger partial charge is 0.493 e. The molecule has 1 aromatic carbocycles. The van der Waals surface area contributed by atoms with Crippen molar-refractivity contribution < 1.29 is 4.74 Å². The minimum absolute atomic E-state index is 0.842. The summed E-state index contributed by atoms with van der Waals surface area (Å²) in [6, 6.07) is 5.16. The lowest BCUT2D eigenvalue weighted by Gasteiger charge is -2.13. The molecule has 2 nitrogen and oxygen atoms in total. The molecule has 0 spiro atoms. The molecule has 2 heteroatoms. The van der Waals surface area contributed by atoms with Crippen molar-refractivity contribution >= 4 is 0 Å². The Morgan fingerprint density at radius 2 is 1.79 bits per heavy atom. The van der Waals surface area contributed by atoms with Crippen LogP contribution in [0.4, 0.5) is 0 Å². The number of rotatable bonds is 8. The molecular weight excluding hydrogens is 234 g/mol. The zero-order chi connectivity index (χ0) is 13.7. The second-order valence-corrected chi connectivity index (χ2v) is 5.79. The lowest BCUT2D eigenvalue weighted by molar-refractivity contribution is 0.301. The van der Waals surface area contributed by atoms with E-state index in [-0.39, 0.29) is 0 Å². The van der Waals surface area contributed by atoms with Gasteiger partial charge in [-0.3, -0.25) is 0 Å². The number of hydrogen-bond donors (Lipinski definition) is 1. The zero-order valence-corrected chi connectivity index (χ0v) is 12.6. The van der Waals surface area contributed by atoms with Crippen LogP contribution in [0.1, 0.15) is 48.8 Å². The Morgan fingerprint density at radius 1 is 1.05 bits per heavy atom. The van der Waals surface area contributed by atoms with Crippen LogP contribution in [0, 0.1) is 20.8 Å². The van der Waals surface area contributed by atoms with Crippen LogP contribution in [0.5, 0.6) is 5.75 Å². The van der Waals surface area contributed by atoms with E-state index in [4.69, 9.17) is 4.74 Å². The number of nitrogens with one attached hydrogen (secondary N) is 1. The monoisotopic (exact) mass is 261 g/mol. The summed E-state index contributed by atoms with van der Waals surface area (Å²) >= 11 is 0. The van der Waals surface area contributed by atoms with Gasteiger partial charge in [-0.05, 0) is 76.1 Å². The maximum absolute atomic E-state index is 5.97. The summed E-state index contributed by atoms with van der Waals surface area (Å²) in [5.74, 6) is 1.09. The third kappa shape index (κ3) is 4.54. The molecule has 0 aromatic heterocycles. The standard InChI is InChI=1S/C17H27NO/c1-13-7-8-14(2)17(15(13)3)19-12-6-4-5-11-18-16-9-10-16/h7-8,16,18H,4-6,9-12H2,1-3H3. The van der Waals surface area contributed by atoms with E-state index in [9.17, 15) is 0 Å². The number of aryl methyl sites for hydroxylation is 2. The van der Waals surface area contributed by atoms with Crippen molar-refractivity contribution in [1.82, 2.24) is 5.32 Å². The molecule has 0 atom stereocenters. The summed E-state index contributed by atoms with van der Waals surface area (Å²) in [7, 11) is 0. The summed E-state index contributed by atoms with van der Waals surface area (Å²) < 4.78 is 5.97. The van der Waals surface area contributed by atoms with Gasteiger partial charge in [0, 0.05) is 6.04 Å². The third-order valence-electron chi connectivity index (χ3n) is 3.95. The Hall–Kier alpha value is -1.02. The van der Waals surface area contributed by atoms with Gasteiger partial charge < -0.3 is 10.1 Å². The highest BCUT2D eigenvalue weighted by Crippen LogP contribution is 2.25. The molecular formula is C17H27NO. The van der Waals surface area contributed by atoms with Crippen molar-refractivity contribution in [3.05, 3.63) is 28.8 Å². The van der Waals surface area contributed by atoms with Gasteiger partial charge in [0.15, 0.2) is 0 Å². The van der Waals surface area contributed by atoms with Crippen LogP contribution in [0.15, 0.2) is 12.1 Å². The van der Waals surface area contributed by atoms with E-state index in [1.54, 1.807) is 0 Å². The number of hydrogen-bond acceptors (Lipinski definition) is 2. The number of benzene rings is 1. The Morgan fingerprint density at radius 3 is 2.53 bits per heavy atom. The summed E-state index contributed by atoms with van der Waals surface area (Å²) in [5, 5.41) is 3.55. The van der Waals surface area contributed by atoms with E-state index >= 15 is 0 Å². The molecule has 0 unspecified atom stereocenters. The van der Waals surface area contributed by atoms with E-state index in [1.807, 2.05) is 0 Å². The van der Waals surface area contributed by atoms with Crippen LogP contribution in [0.2, 0.25) is 0 Å². The first-order valence-corrected chi connectivity index (χ1v) is 7.61. The number of unbranched alkanes of at least 4 members (excludes halogenated alkanes) is 2. The third-order valence-corrected chi connectivity index (χ3v) is 3.95. The van der Waals surface area contributed by atoms with Crippen LogP contribution >= 0.6 is 0 Å². The van der Waals surface area contributed by atoms with Gasteiger partial charge in [0.05, 0.1) is 6.61 Å². The van der Waals surface area contributed by atoms with Crippen molar-refractivity contribution in [2.45, 2.75) is 58.9 Å². The molecule has 2 rings (SSSR count). The van der Waals surface area contributed by atoms with E-state index in [0.29, 0.717) is 0 Å². The van der Waals surface area contributed by atoms with Gasteiger partial charge in [0.2, 0.25) is 0 Å². The van der Waals surface area contributed by atoms with Crippen LogP contribution in [-0.4, -0.2) is 19.2 Å². The SMILES string of the molecule is Cc1ccc(C)c(OCCCCCNC2CC2)c1C. The molecule has 0 amide bonds. The second kappa shape index (κ2) is 6.95. The second-order valence-electron chi connectivity index (χ2n) is 5.79. The minimum atomic E-state index is 0.842. The molecule has 0 bridgehead atoms. The van der Waals surface area contributed by atoms with Crippen molar-refractivity contribution in [1.29, 1.82) is 0 Å². The first-order valence-electron chi connectivity index (χ1n) is 7.61. The van der Waals surface area contributed by atoms with Gasteiger partial charge in [-0.2, -0.15) is 0 Å². The van der Waals surface area contributed by atoms with E-state index < -0.39 is 0 Å². The molecule has 0 saturated heterocycles. The van der Waals surface area contributed by atoms with Gasteiger partial charge in [0.25, 0.3) is 0 Å². The Kier molecular flexibility index (Phi) is 5.26. The van der Waals surface area contributed by atoms with Crippen LogP contribution in [-0.2, 0) is 0 Å². The van der Waals surface area contributed by atoms with Crippen molar-refractivity contribution in [2.75, 3.05) is 13.2 Å². The first kappa shape index (κ1) is 14.4. The molecule has 1 N–H and O–H groups in total. The van der Waals surface area contributed by atoms with E-state index in [2.05, 4.69) is 38.2 Å². The topological polar surface area (TPSA) is 21.3 Å². The normalized spacial score (nSPS) is 14.7. The summed E-state index contributed by atoms with van der Waals surface area (Å²) in [6.07, 6.45) is 6.44. The Balaban J connectivity index is 1.63. The lowest BCUT2D eigenvalue weighted by atomic mass is 10.1. The van der Waals surface area contributed by atoms with Crippen molar-refractivity contribution in [3.8, 4) is 5.75 Å². The van der Waals surface area contributed by atoms with E-state index in [1.165, 1.54) is 48.9 Å². The predicted molar refractivity (Wildman–Crippen MR) is 81.0 cm³/mol. The molecule has 0 radical (unpaired) electrons. The quantitative estimate of drug-likeness (QED) is 0.716. The van der Waals surface area contributed by atoms with Gasteiger partial charge in [-0.15, -0.1) is 0 Å². The zero-order valence-electron chi connectivity index (χ0n) is 12.6. The highest BCUT2D eigenvalue weighted by atomic mass is 16.5. The lowest BCUT2D eigenvalue weighted by Crippen LogP contribution is -2.17. The van der Waals surface area contributed by atoms with Gasteiger partial charge in [-0.1, -0.05) is 12.1 Å². The molecule has 1 aliphatic rings. The predicted octanol–water partition coefficient (Wildman–Crippen LogP) is 3.91. The van der Waals surface area contributed by atoms with Gasteiger partial charge in [0.1, 0.15) is 5.75 Å². The van der Waals surface area contributed by atoms with E-state index in [0.717, 1.165) is 24.8 Å². The van der Waals surface area contributed by atoms with Crippen molar-refractivity contribution in [2.24, 2.45) is 0 Å². The fraction of sp³-hybridized carbons (Fsp3) is 0.647. The smallest absolute Gasteiger partial charge is 0.125 e. The summed E-state index contributed by atoms with van der Waals surface area (Å²) in [5.41, 5.74) is 3.85. The summed E-state index contributed by atoms with van der Waals surface area (Å²) in [4.78, 5) is 0.